The summed E-state index contributed by atoms with van der Waals surface area (Å²) >= 11 is 6.33. The molecule has 0 unspecified atom stereocenters. The number of rotatable bonds is 12. The molecule has 1 aliphatic rings. The van der Waals surface area contributed by atoms with Crippen LogP contribution < -0.4 is 4.90 Å². The third-order valence-electron chi connectivity index (χ3n) is 7.00. The molecule has 0 aromatic heterocycles. The van der Waals surface area contributed by atoms with Gasteiger partial charge in [0.1, 0.15) is 7.05 Å². The minimum absolute atomic E-state index is 0.0935. The Hall–Kier alpha value is -1.40. The number of quaternary nitrogens is 1. The zero-order chi connectivity index (χ0) is 25.6. The van der Waals surface area contributed by atoms with Gasteiger partial charge in [0.2, 0.25) is 5.69 Å². The number of para-hydroxylation sites is 1. The van der Waals surface area contributed by atoms with E-state index in [0.717, 1.165) is 16.1 Å². The number of fused-ring (bicyclic) bond motifs is 1. The number of hydrogen-bond donors (Lipinski definition) is 0. The predicted molar refractivity (Wildman–Crippen MR) is 161 cm³/mol. The Labute approximate surface area is 226 Å². The molecule has 0 atom stereocenters. The van der Waals surface area contributed by atoms with Gasteiger partial charge >= 0.3 is 0 Å². The van der Waals surface area contributed by atoms with Gasteiger partial charge in [-0.15, -0.1) is 0 Å². The summed E-state index contributed by atoms with van der Waals surface area (Å²) in [7, 11) is 13.1. The van der Waals surface area contributed by atoms with Crippen molar-refractivity contribution in [2.75, 3.05) is 64.2 Å². The van der Waals surface area contributed by atoms with Crippen molar-refractivity contribution in [2.45, 2.75) is 32.6 Å². The summed E-state index contributed by atoms with van der Waals surface area (Å²) in [6.07, 6.45) is 5.73. The van der Waals surface area contributed by atoms with Gasteiger partial charge in [-0.1, -0.05) is 58.3 Å². The first kappa shape index (κ1) is 28.2. The molecule has 2 aromatic carbocycles. The molecule has 0 amide bonds. The molecule has 0 saturated carbocycles. The number of hydrogen-bond acceptors (Lipinski definition) is 3. The molecular formula is C29H42ClN3S2+2. The zero-order valence-electron chi connectivity index (χ0n) is 22.5. The summed E-state index contributed by atoms with van der Waals surface area (Å²) in [4.78, 5) is 2.41. The number of halogens is 1. The Morgan fingerprint density at radius 3 is 2.54 bits per heavy atom. The van der Waals surface area contributed by atoms with Crippen LogP contribution in [-0.4, -0.2) is 74.1 Å². The fourth-order valence-electron chi connectivity index (χ4n) is 4.85. The summed E-state index contributed by atoms with van der Waals surface area (Å²) < 4.78 is 3.38. The monoisotopic (exact) mass is 531 g/mol. The van der Waals surface area contributed by atoms with Crippen LogP contribution in [0.25, 0.3) is 6.08 Å². The van der Waals surface area contributed by atoms with Gasteiger partial charge in [-0.2, -0.15) is 4.58 Å². The lowest BCUT2D eigenvalue weighted by Crippen LogP contribution is -2.43. The Bertz CT molecular complexity index is 1080. The van der Waals surface area contributed by atoms with Crippen LogP contribution in [0.5, 0.6) is 0 Å². The van der Waals surface area contributed by atoms with Gasteiger partial charge in [0, 0.05) is 54.2 Å². The Kier molecular flexibility index (Phi) is 9.84. The van der Waals surface area contributed by atoms with E-state index >= 15 is 0 Å². The van der Waals surface area contributed by atoms with E-state index in [-0.39, 0.29) is 5.41 Å². The minimum Gasteiger partial charge on any atom is -0.374 e. The van der Waals surface area contributed by atoms with E-state index in [1.54, 1.807) is 0 Å². The lowest BCUT2D eigenvalue weighted by Gasteiger charge is -2.31. The van der Waals surface area contributed by atoms with Gasteiger partial charge in [-0.25, -0.2) is 0 Å². The maximum Gasteiger partial charge on any atom is 0.209 e. The first-order valence-electron chi connectivity index (χ1n) is 12.5. The van der Waals surface area contributed by atoms with Crippen molar-refractivity contribution >= 4 is 56.4 Å². The number of allylic oxidation sites excluding steroid dienone is 1. The van der Waals surface area contributed by atoms with Crippen molar-refractivity contribution in [1.82, 2.24) is 0 Å². The zero-order valence-corrected chi connectivity index (χ0v) is 24.9. The molecule has 6 heteroatoms. The van der Waals surface area contributed by atoms with Crippen molar-refractivity contribution in [3.8, 4) is 0 Å². The quantitative estimate of drug-likeness (QED) is 0.122. The first-order chi connectivity index (χ1) is 16.6. The van der Waals surface area contributed by atoms with Crippen molar-refractivity contribution < 1.29 is 9.06 Å². The normalized spacial score (nSPS) is 15.2. The highest BCUT2D eigenvalue weighted by atomic mass is 35.5. The van der Waals surface area contributed by atoms with Gasteiger partial charge in [-0.05, 0) is 43.7 Å². The van der Waals surface area contributed by atoms with Crippen LogP contribution in [0.4, 0.5) is 11.4 Å². The van der Waals surface area contributed by atoms with Gasteiger partial charge in [-0.3, -0.25) is 0 Å². The molecule has 3 rings (SSSR count). The third-order valence-corrected chi connectivity index (χ3v) is 9.70. The highest BCUT2D eigenvalue weighted by Gasteiger charge is 2.42. The molecule has 0 saturated heterocycles. The standard InChI is InChI=1S/C29H42ClN3S2/c1-8-34-35-21-20-33(6,7)19-11-18-31(4)26-13-10-9-12-23(26)14-17-28-29(2,3)25-22-24(30)15-16-27(25)32(28)5/h9-10,12-17,22H,8,11,18-21H2,1-7H3/q+2. The highest BCUT2D eigenvalue weighted by Crippen LogP contribution is 2.40. The Balaban J connectivity index is 1.68. The molecule has 190 valence electrons. The van der Waals surface area contributed by atoms with Gasteiger partial charge in [0.25, 0.3) is 0 Å². The van der Waals surface area contributed by atoms with E-state index < -0.39 is 0 Å². The Morgan fingerprint density at radius 2 is 1.80 bits per heavy atom. The minimum atomic E-state index is -0.0935. The van der Waals surface area contributed by atoms with Gasteiger partial charge in [0.05, 0.1) is 38.4 Å². The van der Waals surface area contributed by atoms with Crippen LogP contribution in [0.3, 0.4) is 0 Å². The second-order valence-corrected chi connectivity index (χ2v) is 13.8. The van der Waals surface area contributed by atoms with E-state index in [1.807, 2.05) is 27.7 Å². The predicted octanol–water partition coefficient (Wildman–Crippen LogP) is 7.36. The van der Waals surface area contributed by atoms with Gasteiger partial charge < -0.3 is 9.38 Å². The molecule has 0 bridgehead atoms. The summed E-state index contributed by atoms with van der Waals surface area (Å²) in [6.45, 7) is 10.2. The van der Waals surface area contributed by atoms with Crippen LogP contribution in [0.1, 0.15) is 38.3 Å². The van der Waals surface area contributed by atoms with Crippen molar-refractivity contribution in [2.24, 2.45) is 0 Å². The second-order valence-electron chi connectivity index (χ2n) is 10.5. The van der Waals surface area contributed by atoms with Crippen molar-refractivity contribution in [1.29, 1.82) is 0 Å². The smallest absolute Gasteiger partial charge is 0.209 e. The lowest BCUT2D eigenvalue weighted by atomic mass is 9.81. The molecule has 2 aromatic rings. The maximum absolute atomic E-state index is 6.33. The number of anilines is 1. The molecule has 0 fully saturated rings. The molecule has 35 heavy (non-hydrogen) atoms. The van der Waals surface area contributed by atoms with Gasteiger partial charge in [0.15, 0.2) is 5.71 Å². The fraction of sp³-hybridized carbons (Fsp3) is 0.483. The van der Waals surface area contributed by atoms with Crippen LogP contribution >= 0.6 is 33.2 Å². The lowest BCUT2D eigenvalue weighted by molar-refractivity contribution is -0.887. The maximum atomic E-state index is 6.33. The first-order valence-corrected chi connectivity index (χ1v) is 15.4. The molecule has 0 spiro atoms. The van der Waals surface area contributed by atoms with Crippen LogP contribution in [0.2, 0.25) is 5.02 Å². The van der Waals surface area contributed by atoms with Crippen molar-refractivity contribution in [3.63, 3.8) is 0 Å². The largest absolute Gasteiger partial charge is 0.374 e. The third kappa shape index (κ3) is 7.09. The van der Waals surface area contributed by atoms with Crippen LogP contribution in [0, 0.1) is 0 Å². The summed E-state index contributed by atoms with van der Waals surface area (Å²) in [5, 5.41) is 0.794. The second kappa shape index (κ2) is 12.2. The van der Waals surface area contributed by atoms with E-state index in [2.05, 4.69) is 107 Å². The van der Waals surface area contributed by atoms with E-state index in [0.29, 0.717) is 0 Å². The van der Waals surface area contributed by atoms with E-state index in [4.69, 9.17) is 11.6 Å². The fourth-order valence-corrected chi connectivity index (χ4v) is 6.95. The number of nitrogens with zero attached hydrogens (tertiary/aromatic N) is 3. The molecular weight excluding hydrogens is 490 g/mol. The van der Waals surface area contributed by atoms with Crippen LogP contribution in [0.15, 0.2) is 48.5 Å². The van der Waals surface area contributed by atoms with E-state index in [9.17, 15) is 0 Å². The molecule has 1 aliphatic heterocycles. The highest BCUT2D eigenvalue weighted by molar-refractivity contribution is 8.76. The van der Waals surface area contributed by atoms with E-state index in [1.165, 1.54) is 59.2 Å². The molecule has 1 heterocycles. The Morgan fingerprint density at radius 1 is 1.06 bits per heavy atom. The summed E-state index contributed by atoms with van der Waals surface area (Å²) in [5.41, 5.74) is 6.24. The average Bonchev–Trinajstić information content (AvgIpc) is 2.99. The molecule has 0 radical (unpaired) electrons. The molecule has 0 N–H and O–H groups in total. The molecule has 3 nitrogen and oxygen atoms in total. The summed E-state index contributed by atoms with van der Waals surface area (Å²) in [6, 6.07) is 14.9. The average molecular weight is 532 g/mol. The molecule has 0 aliphatic carbocycles. The van der Waals surface area contributed by atoms with Crippen LogP contribution in [-0.2, 0) is 5.41 Å². The SMILES string of the molecule is CCSSCC[N+](C)(C)CCCN(C)c1ccccc1/C=C/C1=[N+](C)c2ccc(Cl)cc2C1(C)C. The van der Waals surface area contributed by atoms with Crippen molar-refractivity contribution in [3.05, 3.63) is 64.7 Å². The summed E-state index contributed by atoms with van der Waals surface area (Å²) in [5.74, 6) is 2.40. The topological polar surface area (TPSA) is 6.25 Å². The number of benzene rings is 2.